The maximum atomic E-state index is 10.7. The summed E-state index contributed by atoms with van der Waals surface area (Å²) in [5.41, 5.74) is 5.25. The average Bonchev–Trinajstić information content (AvgIpc) is 2.21. The molecule has 10 heteroatoms. The van der Waals surface area contributed by atoms with Gasteiger partial charge in [0.2, 0.25) is 0 Å². The average molecular weight is 338 g/mol. The molecule has 0 rings (SSSR count). The molecule has 5 N–H and O–H groups in total. The van der Waals surface area contributed by atoms with Crippen LogP contribution in [0.2, 0.25) is 0 Å². The number of rotatable bonds is 9. The highest BCUT2D eigenvalue weighted by atomic mass is 35.5. The highest BCUT2D eigenvalue weighted by Crippen LogP contribution is 2.14. The largest absolute Gasteiger partial charge is 0.481 e. The van der Waals surface area contributed by atoms with Crippen LogP contribution in [-0.4, -0.2) is 50.8 Å². The first-order chi connectivity index (χ1) is 7.84. The van der Waals surface area contributed by atoms with Crippen LogP contribution in [0.5, 0.6) is 0 Å². The molecule has 0 heterocycles. The molecular formula is C9H17Cl2NO6S. The maximum Gasteiger partial charge on any atom is 0.320 e. The van der Waals surface area contributed by atoms with Crippen LogP contribution in [0, 0.1) is 5.92 Å². The van der Waals surface area contributed by atoms with Crippen molar-refractivity contribution < 1.29 is 29.7 Å². The van der Waals surface area contributed by atoms with E-state index in [4.69, 9.17) is 21.1 Å². The van der Waals surface area contributed by atoms with Crippen molar-refractivity contribution in [1.82, 2.24) is 0 Å². The molecule has 2 atom stereocenters. The molecule has 114 valence electrons. The standard InChI is InChI=1S/C9H15NO6S.2ClH/c10-6(9(15)16)1-2-17-4-5(8(13)14)3-7(11)12;;/h5-6H,1-4,10H2,(H,11,12)(H,13,14)(H,15,16);2*1H/t5?,6-;;/m0../s1. The zero-order chi connectivity index (χ0) is 13.4. The van der Waals surface area contributed by atoms with Gasteiger partial charge in [0.05, 0.1) is 12.3 Å². The van der Waals surface area contributed by atoms with Crippen LogP contribution in [0.15, 0.2) is 0 Å². The maximum absolute atomic E-state index is 10.7. The van der Waals surface area contributed by atoms with E-state index in [1.165, 1.54) is 11.8 Å². The van der Waals surface area contributed by atoms with Gasteiger partial charge in [-0.25, -0.2) is 0 Å². The molecule has 0 aromatic heterocycles. The molecule has 0 aromatic carbocycles. The number of carbonyl (C=O) groups is 3. The van der Waals surface area contributed by atoms with Crippen LogP contribution >= 0.6 is 36.6 Å². The van der Waals surface area contributed by atoms with Gasteiger partial charge < -0.3 is 21.1 Å². The van der Waals surface area contributed by atoms with E-state index in [0.29, 0.717) is 5.75 Å². The van der Waals surface area contributed by atoms with Gasteiger partial charge in [0.15, 0.2) is 0 Å². The van der Waals surface area contributed by atoms with E-state index in [1.54, 1.807) is 0 Å². The zero-order valence-electron chi connectivity index (χ0n) is 9.85. The number of carboxylic acids is 3. The summed E-state index contributed by atoms with van der Waals surface area (Å²) < 4.78 is 0. The van der Waals surface area contributed by atoms with Gasteiger partial charge in [0.25, 0.3) is 0 Å². The minimum Gasteiger partial charge on any atom is -0.481 e. The monoisotopic (exact) mass is 337 g/mol. The van der Waals surface area contributed by atoms with Gasteiger partial charge in [-0.05, 0) is 12.2 Å². The Hall–Kier alpha value is -0.700. The van der Waals surface area contributed by atoms with Crippen molar-refractivity contribution >= 4 is 54.5 Å². The number of hydrogen-bond donors (Lipinski definition) is 4. The first-order valence-corrected chi connectivity index (χ1v) is 6.00. The van der Waals surface area contributed by atoms with E-state index in [-0.39, 0.29) is 37.0 Å². The SMILES string of the molecule is Cl.Cl.N[C@@H](CCSCC(CC(=O)O)C(=O)O)C(=O)O. The highest BCUT2D eigenvalue weighted by molar-refractivity contribution is 7.99. The first-order valence-electron chi connectivity index (χ1n) is 4.85. The number of nitrogens with two attached hydrogens (primary N) is 1. The van der Waals surface area contributed by atoms with E-state index in [9.17, 15) is 14.4 Å². The quantitative estimate of drug-likeness (QED) is 0.447. The van der Waals surface area contributed by atoms with E-state index in [2.05, 4.69) is 0 Å². The minimum absolute atomic E-state index is 0. The summed E-state index contributed by atoms with van der Waals surface area (Å²) >= 11 is 1.19. The van der Waals surface area contributed by atoms with Crippen molar-refractivity contribution in [3.8, 4) is 0 Å². The zero-order valence-corrected chi connectivity index (χ0v) is 12.3. The molecule has 0 aromatic rings. The topological polar surface area (TPSA) is 138 Å². The number of halogens is 2. The van der Waals surface area contributed by atoms with Gasteiger partial charge >= 0.3 is 17.9 Å². The van der Waals surface area contributed by atoms with Gasteiger partial charge in [0.1, 0.15) is 6.04 Å². The second-order valence-electron chi connectivity index (χ2n) is 3.44. The van der Waals surface area contributed by atoms with Crippen LogP contribution in [0.1, 0.15) is 12.8 Å². The second kappa shape index (κ2) is 12.3. The fourth-order valence-corrected chi connectivity index (χ4v) is 2.12. The Morgan fingerprint density at radius 3 is 1.95 bits per heavy atom. The normalized spacial score (nSPS) is 12.5. The highest BCUT2D eigenvalue weighted by Gasteiger charge is 2.21. The third-order valence-corrected chi connectivity index (χ3v) is 3.14. The lowest BCUT2D eigenvalue weighted by atomic mass is 10.1. The Kier molecular flexibility index (Phi) is 15.2. The van der Waals surface area contributed by atoms with Gasteiger partial charge in [-0.2, -0.15) is 11.8 Å². The molecule has 0 aliphatic heterocycles. The Morgan fingerprint density at radius 1 is 1.05 bits per heavy atom. The molecule has 0 aliphatic carbocycles. The van der Waals surface area contributed by atoms with Gasteiger partial charge in [-0.3, -0.25) is 14.4 Å². The Balaban J connectivity index is -0.00000128. The molecule has 0 aliphatic rings. The van der Waals surface area contributed by atoms with E-state index in [0.717, 1.165) is 0 Å². The summed E-state index contributed by atoms with van der Waals surface area (Å²) in [5, 5.41) is 25.7. The summed E-state index contributed by atoms with van der Waals surface area (Å²) in [6.45, 7) is 0. The van der Waals surface area contributed by atoms with Crippen molar-refractivity contribution in [2.24, 2.45) is 11.7 Å². The van der Waals surface area contributed by atoms with Gasteiger partial charge in [-0.15, -0.1) is 24.8 Å². The van der Waals surface area contributed by atoms with Gasteiger partial charge in [-0.1, -0.05) is 0 Å². The molecule has 0 saturated carbocycles. The summed E-state index contributed by atoms with van der Waals surface area (Å²) in [6.07, 6.45) is -0.216. The number of aliphatic carboxylic acids is 3. The lowest BCUT2D eigenvalue weighted by molar-refractivity contribution is -0.147. The second-order valence-corrected chi connectivity index (χ2v) is 4.59. The van der Waals surface area contributed by atoms with Gasteiger partial charge in [0, 0.05) is 5.75 Å². The molecule has 0 bridgehead atoms. The Bertz CT molecular complexity index is 304. The van der Waals surface area contributed by atoms with Crippen molar-refractivity contribution in [3.63, 3.8) is 0 Å². The molecule has 0 spiro atoms. The van der Waals surface area contributed by atoms with Crippen LogP contribution in [0.3, 0.4) is 0 Å². The summed E-state index contributed by atoms with van der Waals surface area (Å²) in [7, 11) is 0. The van der Waals surface area contributed by atoms with E-state index < -0.39 is 36.3 Å². The smallest absolute Gasteiger partial charge is 0.320 e. The number of thioether (sulfide) groups is 1. The first kappa shape index (κ1) is 23.4. The van der Waals surface area contributed by atoms with E-state index in [1.807, 2.05) is 0 Å². The predicted octanol–water partition coefficient (Wildman–Crippen LogP) is 0.541. The van der Waals surface area contributed by atoms with Crippen molar-refractivity contribution in [2.45, 2.75) is 18.9 Å². The molecule has 0 fully saturated rings. The van der Waals surface area contributed by atoms with Crippen molar-refractivity contribution in [2.75, 3.05) is 11.5 Å². The number of hydrogen-bond acceptors (Lipinski definition) is 5. The Labute approximate surface area is 126 Å². The molecule has 7 nitrogen and oxygen atoms in total. The number of carboxylic acid groups (broad SMARTS) is 3. The molecule has 0 radical (unpaired) electrons. The lowest BCUT2D eigenvalue weighted by Gasteiger charge is -2.10. The molecule has 19 heavy (non-hydrogen) atoms. The fourth-order valence-electron chi connectivity index (χ4n) is 0.988. The van der Waals surface area contributed by atoms with Crippen LogP contribution < -0.4 is 5.73 Å². The molecule has 0 amide bonds. The summed E-state index contributed by atoms with van der Waals surface area (Å²) in [5.74, 6) is -3.88. The minimum atomic E-state index is -1.17. The van der Waals surface area contributed by atoms with Crippen LogP contribution in [-0.2, 0) is 14.4 Å². The Morgan fingerprint density at radius 2 is 1.58 bits per heavy atom. The van der Waals surface area contributed by atoms with E-state index >= 15 is 0 Å². The molecule has 1 unspecified atom stereocenters. The predicted molar refractivity (Wildman–Crippen MR) is 75.4 cm³/mol. The van der Waals surface area contributed by atoms with Crippen molar-refractivity contribution in [3.05, 3.63) is 0 Å². The third kappa shape index (κ3) is 12.1. The summed E-state index contributed by atoms with van der Waals surface area (Å²) in [4.78, 5) is 31.4. The van der Waals surface area contributed by atoms with Crippen molar-refractivity contribution in [1.29, 1.82) is 0 Å². The lowest BCUT2D eigenvalue weighted by Crippen LogP contribution is -2.30. The molecular weight excluding hydrogens is 321 g/mol. The van der Waals surface area contributed by atoms with Crippen LogP contribution in [0.25, 0.3) is 0 Å². The fraction of sp³-hybridized carbons (Fsp3) is 0.667. The molecule has 0 saturated heterocycles. The third-order valence-electron chi connectivity index (χ3n) is 1.98. The summed E-state index contributed by atoms with van der Waals surface area (Å²) in [6, 6.07) is -0.967. The van der Waals surface area contributed by atoms with Crippen LogP contribution in [0.4, 0.5) is 0 Å².